The molecule has 0 radical (unpaired) electrons. The smallest absolute Gasteiger partial charge is 0.259 e. The van der Waals surface area contributed by atoms with Crippen LogP contribution in [0.1, 0.15) is 0 Å². The Hall–Kier alpha value is -3.38. The van der Waals surface area contributed by atoms with Crippen LogP contribution in [0.3, 0.4) is 0 Å². The van der Waals surface area contributed by atoms with Crippen molar-refractivity contribution in [3.05, 3.63) is 77.9 Å². The van der Waals surface area contributed by atoms with Gasteiger partial charge in [0.1, 0.15) is 5.82 Å². The molecule has 4 aromatic rings. The zero-order valence-corrected chi connectivity index (χ0v) is 17.0. The SMILES string of the molecule is Clc1ccc(N2CCN(c3ccc(-c4nc(-c5ccccc5)no4)cn3)CC2)cc1. The minimum atomic E-state index is 0.473. The average molecular weight is 418 g/mol. The van der Waals surface area contributed by atoms with E-state index in [1.54, 1.807) is 6.20 Å². The summed E-state index contributed by atoms with van der Waals surface area (Å²) in [7, 11) is 0. The average Bonchev–Trinajstić information content (AvgIpc) is 3.31. The minimum absolute atomic E-state index is 0.473. The van der Waals surface area contributed by atoms with Gasteiger partial charge in [-0.25, -0.2) is 4.98 Å². The first-order valence-electron chi connectivity index (χ1n) is 9.87. The molecule has 0 saturated carbocycles. The molecule has 1 aliphatic heterocycles. The van der Waals surface area contributed by atoms with Crippen LogP contribution in [-0.2, 0) is 0 Å². The first-order chi connectivity index (χ1) is 14.8. The molecule has 30 heavy (non-hydrogen) atoms. The quantitative estimate of drug-likeness (QED) is 0.476. The molecule has 0 aliphatic carbocycles. The molecule has 7 heteroatoms. The van der Waals surface area contributed by atoms with Crippen molar-refractivity contribution in [2.24, 2.45) is 0 Å². The van der Waals surface area contributed by atoms with Crippen molar-refractivity contribution in [3.63, 3.8) is 0 Å². The lowest BCUT2D eigenvalue weighted by molar-refractivity contribution is 0.432. The van der Waals surface area contributed by atoms with Gasteiger partial charge < -0.3 is 14.3 Å². The molecule has 150 valence electrons. The Morgan fingerprint density at radius 3 is 2.20 bits per heavy atom. The normalized spacial score (nSPS) is 14.2. The van der Waals surface area contributed by atoms with Gasteiger partial charge in [-0.3, -0.25) is 0 Å². The lowest BCUT2D eigenvalue weighted by atomic mass is 10.2. The van der Waals surface area contributed by atoms with E-state index in [4.69, 9.17) is 16.1 Å². The second-order valence-corrected chi connectivity index (χ2v) is 7.58. The summed E-state index contributed by atoms with van der Waals surface area (Å²) in [5.74, 6) is 2.01. The third kappa shape index (κ3) is 3.86. The molecule has 1 saturated heterocycles. The second-order valence-electron chi connectivity index (χ2n) is 7.14. The van der Waals surface area contributed by atoms with Crippen molar-refractivity contribution < 1.29 is 4.52 Å². The fourth-order valence-corrected chi connectivity index (χ4v) is 3.72. The first kappa shape index (κ1) is 18.6. The van der Waals surface area contributed by atoms with Crippen LogP contribution in [0.2, 0.25) is 5.02 Å². The van der Waals surface area contributed by atoms with Crippen LogP contribution in [0.4, 0.5) is 11.5 Å². The molecule has 3 heterocycles. The van der Waals surface area contributed by atoms with Crippen LogP contribution in [-0.4, -0.2) is 41.3 Å². The van der Waals surface area contributed by atoms with Crippen molar-refractivity contribution in [2.45, 2.75) is 0 Å². The highest BCUT2D eigenvalue weighted by Crippen LogP contribution is 2.25. The summed E-state index contributed by atoms with van der Waals surface area (Å²) in [6, 6.07) is 21.8. The van der Waals surface area contributed by atoms with Gasteiger partial charge >= 0.3 is 0 Å². The third-order valence-corrected chi connectivity index (χ3v) is 5.50. The molecular weight excluding hydrogens is 398 g/mol. The van der Waals surface area contributed by atoms with E-state index in [1.165, 1.54) is 5.69 Å². The zero-order valence-electron chi connectivity index (χ0n) is 16.3. The van der Waals surface area contributed by atoms with Gasteiger partial charge in [0.25, 0.3) is 5.89 Å². The van der Waals surface area contributed by atoms with E-state index >= 15 is 0 Å². The topological polar surface area (TPSA) is 58.3 Å². The first-order valence-corrected chi connectivity index (χ1v) is 10.2. The molecule has 5 rings (SSSR count). The Morgan fingerprint density at radius 2 is 1.50 bits per heavy atom. The standard InChI is InChI=1S/C23H20ClN5O/c24-19-7-9-20(10-8-19)28-12-14-29(15-13-28)21-11-6-18(16-25-21)23-26-22(27-30-23)17-4-2-1-3-5-17/h1-11,16H,12-15H2. The largest absolute Gasteiger partial charge is 0.368 e. The second kappa shape index (κ2) is 8.16. The molecule has 1 fully saturated rings. The summed E-state index contributed by atoms with van der Waals surface area (Å²) >= 11 is 5.99. The molecule has 0 bridgehead atoms. The summed E-state index contributed by atoms with van der Waals surface area (Å²) in [6.45, 7) is 3.70. The van der Waals surface area contributed by atoms with E-state index in [0.717, 1.165) is 48.1 Å². The van der Waals surface area contributed by atoms with E-state index in [-0.39, 0.29) is 0 Å². The number of nitrogens with zero attached hydrogens (tertiary/aromatic N) is 5. The van der Waals surface area contributed by atoms with Crippen LogP contribution < -0.4 is 9.80 Å². The van der Waals surface area contributed by atoms with Crippen molar-refractivity contribution in [1.82, 2.24) is 15.1 Å². The lowest BCUT2D eigenvalue weighted by Gasteiger charge is -2.36. The van der Waals surface area contributed by atoms with Gasteiger partial charge in [-0.2, -0.15) is 4.98 Å². The van der Waals surface area contributed by atoms with E-state index in [9.17, 15) is 0 Å². The van der Waals surface area contributed by atoms with E-state index in [1.807, 2.05) is 54.6 Å². The summed E-state index contributed by atoms with van der Waals surface area (Å²) in [6.07, 6.45) is 1.79. The summed E-state index contributed by atoms with van der Waals surface area (Å²) in [5, 5.41) is 4.84. The predicted octanol–water partition coefficient (Wildman–Crippen LogP) is 4.78. The van der Waals surface area contributed by atoms with Gasteiger partial charge in [-0.05, 0) is 36.4 Å². The number of hydrogen-bond acceptors (Lipinski definition) is 6. The van der Waals surface area contributed by atoms with Crippen LogP contribution in [0.15, 0.2) is 77.4 Å². The number of hydrogen-bond donors (Lipinski definition) is 0. The number of piperazine rings is 1. The Labute approximate surface area is 179 Å². The summed E-state index contributed by atoms with van der Waals surface area (Å²) in [5.41, 5.74) is 2.94. The van der Waals surface area contributed by atoms with Crippen molar-refractivity contribution in [2.75, 3.05) is 36.0 Å². The Kier molecular flexibility index (Phi) is 5.07. The molecule has 0 unspecified atom stereocenters. The fourth-order valence-electron chi connectivity index (χ4n) is 3.59. The summed E-state index contributed by atoms with van der Waals surface area (Å²) < 4.78 is 5.43. The van der Waals surface area contributed by atoms with E-state index in [2.05, 4.69) is 37.1 Å². The molecule has 0 amide bonds. The van der Waals surface area contributed by atoms with Crippen LogP contribution in [0.25, 0.3) is 22.8 Å². The van der Waals surface area contributed by atoms with Crippen LogP contribution >= 0.6 is 11.6 Å². The van der Waals surface area contributed by atoms with Crippen molar-refractivity contribution in [3.8, 4) is 22.8 Å². The number of halogens is 1. The monoisotopic (exact) mass is 417 g/mol. The third-order valence-electron chi connectivity index (χ3n) is 5.25. The zero-order chi connectivity index (χ0) is 20.3. The molecule has 2 aromatic carbocycles. The Balaban J connectivity index is 1.25. The molecule has 0 atom stereocenters. The Morgan fingerprint density at radius 1 is 0.767 bits per heavy atom. The molecule has 0 spiro atoms. The number of benzene rings is 2. The van der Waals surface area contributed by atoms with Gasteiger partial charge in [0.2, 0.25) is 5.82 Å². The highest BCUT2D eigenvalue weighted by molar-refractivity contribution is 6.30. The maximum absolute atomic E-state index is 5.99. The van der Waals surface area contributed by atoms with E-state index < -0.39 is 0 Å². The van der Waals surface area contributed by atoms with Gasteiger partial charge in [0.15, 0.2) is 0 Å². The minimum Gasteiger partial charge on any atom is -0.368 e. The van der Waals surface area contributed by atoms with Gasteiger partial charge in [0.05, 0.1) is 5.56 Å². The Bertz CT molecular complexity index is 1100. The predicted molar refractivity (Wildman–Crippen MR) is 119 cm³/mol. The maximum atomic E-state index is 5.99. The van der Waals surface area contributed by atoms with Crippen molar-refractivity contribution >= 4 is 23.1 Å². The number of pyridine rings is 1. The van der Waals surface area contributed by atoms with Crippen LogP contribution in [0.5, 0.6) is 0 Å². The molecule has 6 nitrogen and oxygen atoms in total. The molecule has 2 aromatic heterocycles. The highest BCUT2D eigenvalue weighted by Gasteiger charge is 2.19. The summed E-state index contributed by atoms with van der Waals surface area (Å²) in [4.78, 5) is 13.8. The lowest BCUT2D eigenvalue weighted by Crippen LogP contribution is -2.46. The van der Waals surface area contributed by atoms with Gasteiger partial charge in [-0.1, -0.05) is 47.1 Å². The number of anilines is 2. The highest BCUT2D eigenvalue weighted by atomic mass is 35.5. The van der Waals surface area contributed by atoms with E-state index in [0.29, 0.717) is 11.7 Å². The fraction of sp³-hybridized carbons (Fsp3) is 0.174. The van der Waals surface area contributed by atoms with Gasteiger partial charge in [-0.15, -0.1) is 0 Å². The van der Waals surface area contributed by atoms with Gasteiger partial charge in [0, 0.05) is 48.6 Å². The number of aromatic nitrogens is 3. The van der Waals surface area contributed by atoms with Crippen LogP contribution in [0, 0.1) is 0 Å². The molecular formula is C23H20ClN5O. The van der Waals surface area contributed by atoms with Crippen molar-refractivity contribution in [1.29, 1.82) is 0 Å². The number of rotatable bonds is 4. The maximum Gasteiger partial charge on any atom is 0.259 e. The molecule has 0 N–H and O–H groups in total. The molecule has 1 aliphatic rings.